The second kappa shape index (κ2) is 8.75. The third kappa shape index (κ3) is 5.74. The van der Waals surface area contributed by atoms with Crippen molar-refractivity contribution in [2.45, 2.75) is 51.1 Å². The molecule has 1 amide bonds. The summed E-state index contributed by atoms with van der Waals surface area (Å²) in [6.45, 7) is 6.39. The Bertz CT molecular complexity index is 1320. The Balaban J connectivity index is 2.14. The maximum atomic E-state index is 13.5. The van der Waals surface area contributed by atoms with Gasteiger partial charge in [0.15, 0.2) is 11.5 Å². The zero-order valence-corrected chi connectivity index (χ0v) is 19.5. The van der Waals surface area contributed by atoms with E-state index in [4.69, 9.17) is 4.74 Å². The van der Waals surface area contributed by atoms with Gasteiger partial charge in [-0.05, 0) is 52.0 Å². The first-order valence-corrected chi connectivity index (χ1v) is 11.4. The van der Waals surface area contributed by atoms with E-state index in [-0.39, 0.29) is 28.0 Å². The Kier molecular flexibility index (Phi) is 6.49. The number of aromatic hydroxyl groups is 1. The van der Waals surface area contributed by atoms with Gasteiger partial charge in [-0.25, -0.2) is 17.2 Å². The maximum absolute atomic E-state index is 13.5. The van der Waals surface area contributed by atoms with Crippen LogP contribution < -0.4 is 10.1 Å². The van der Waals surface area contributed by atoms with Crippen molar-refractivity contribution in [2.24, 2.45) is 0 Å². The Morgan fingerprint density at radius 3 is 2.26 bits per heavy atom. The fraction of sp³-hybridized carbons (Fsp3) is 0.318. The average molecular weight is 500 g/mol. The maximum Gasteiger partial charge on any atom is 0.573 e. The lowest BCUT2D eigenvalue weighted by Gasteiger charge is -2.20. The number of carbonyl (C=O) groups excluding carboxylic acids is 1. The van der Waals surface area contributed by atoms with Gasteiger partial charge in [0.25, 0.3) is 10.0 Å². The molecule has 2 aromatic carbocycles. The topological polar surface area (TPSA) is 107 Å². The molecule has 0 spiro atoms. The largest absolute Gasteiger partial charge is 0.573 e. The Hall–Kier alpha value is -3.41. The van der Waals surface area contributed by atoms with Crippen LogP contribution >= 0.6 is 0 Å². The van der Waals surface area contributed by atoms with Crippen LogP contribution in [0.5, 0.6) is 11.5 Å². The van der Waals surface area contributed by atoms with Crippen molar-refractivity contribution in [3.63, 3.8) is 0 Å². The second-order valence-corrected chi connectivity index (χ2v) is 10.3. The number of phenols is 1. The summed E-state index contributed by atoms with van der Waals surface area (Å²) in [5.41, 5.74) is -0.0753. The van der Waals surface area contributed by atoms with Crippen LogP contribution in [0.25, 0.3) is 10.9 Å². The first-order valence-electron chi connectivity index (χ1n) is 9.99. The van der Waals surface area contributed by atoms with Crippen molar-refractivity contribution in [1.82, 2.24) is 9.29 Å². The predicted molar refractivity (Wildman–Crippen MR) is 117 cm³/mol. The number of halogens is 3. The summed E-state index contributed by atoms with van der Waals surface area (Å²) < 4.78 is 74.9. The van der Waals surface area contributed by atoms with Crippen molar-refractivity contribution in [3.05, 3.63) is 53.7 Å². The van der Waals surface area contributed by atoms with Gasteiger partial charge in [0.1, 0.15) is 5.60 Å². The van der Waals surface area contributed by atoms with E-state index in [1.807, 2.05) is 0 Å². The highest BCUT2D eigenvalue weighted by Gasteiger charge is 2.33. The molecule has 0 atom stereocenters. The van der Waals surface area contributed by atoms with Gasteiger partial charge in [0, 0.05) is 11.5 Å². The van der Waals surface area contributed by atoms with Crippen LogP contribution in [0.4, 0.5) is 18.0 Å². The van der Waals surface area contributed by atoms with E-state index >= 15 is 0 Å². The second-order valence-electron chi connectivity index (χ2n) is 8.50. The number of aromatic nitrogens is 1. The van der Waals surface area contributed by atoms with Gasteiger partial charge in [-0.2, -0.15) is 0 Å². The minimum Gasteiger partial charge on any atom is -0.504 e. The number of hydrogen-bond acceptors (Lipinski definition) is 6. The molecule has 0 aliphatic heterocycles. The third-order valence-electron chi connectivity index (χ3n) is 4.51. The van der Waals surface area contributed by atoms with Gasteiger partial charge in [-0.3, -0.25) is 0 Å². The van der Waals surface area contributed by atoms with Gasteiger partial charge in [0.05, 0.1) is 22.7 Å². The van der Waals surface area contributed by atoms with Gasteiger partial charge in [-0.15, -0.1) is 13.2 Å². The molecule has 3 aromatic rings. The molecule has 184 valence electrons. The normalized spacial score (nSPS) is 12.6. The molecule has 0 fully saturated rings. The fourth-order valence-electron chi connectivity index (χ4n) is 3.16. The van der Waals surface area contributed by atoms with Crippen LogP contribution in [-0.4, -0.2) is 35.6 Å². The molecular weight excluding hydrogens is 477 g/mol. The summed E-state index contributed by atoms with van der Waals surface area (Å²) in [5, 5.41) is 12.6. The quantitative estimate of drug-likeness (QED) is 0.521. The number of amides is 1. The molecule has 1 heterocycles. The molecule has 0 aliphatic carbocycles. The molecule has 0 unspecified atom stereocenters. The van der Waals surface area contributed by atoms with Crippen LogP contribution in [0.1, 0.15) is 32.0 Å². The van der Waals surface area contributed by atoms with Crippen molar-refractivity contribution < 1.29 is 41.0 Å². The van der Waals surface area contributed by atoms with Gasteiger partial charge >= 0.3 is 12.5 Å². The van der Waals surface area contributed by atoms with Crippen LogP contribution in [0.3, 0.4) is 0 Å². The highest BCUT2D eigenvalue weighted by Crippen LogP contribution is 2.37. The van der Waals surface area contributed by atoms with Crippen LogP contribution in [-0.2, 0) is 21.3 Å². The van der Waals surface area contributed by atoms with Gasteiger partial charge in [-0.1, -0.05) is 17.7 Å². The van der Waals surface area contributed by atoms with E-state index in [9.17, 15) is 31.5 Å². The van der Waals surface area contributed by atoms with Crippen molar-refractivity contribution in [1.29, 1.82) is 0 Å². The van der Waals surface area contributed by atoms with Crippen molar-refractivity contribution in [2.75, 3.05) is 0 Å². The molecule has 0 saturated heterocycles. The molecule has 0 bridgehead atoms. The number of fused-ring (bicyclic) bond motifs is 1. The summed E-state index contributed by atoms with van der Waals surface area (Å²) in [7, 11) is -4.27. The number of hydrogen-bond donors (Lipinski definition) is 2. The number of benzene rings is 2. The number of rotatable bonds is 5. The number of nitrogens with one attached hydrogen (secondary N) is 1. The summed E-state index contributed by atoms with van der Waals surface area (Å²) in [6, 6.07) is 8.94. The number of nitrogens with zero attached hydrogens (tertiary/aromatic N) is 1. The van der Waals surface area contributed by atoms with Gasteiger partial charge in [0.2, 0.25) is 0 Å². The molecule has 1 aromatic heterocycles. The number of aryl methyl sites for hydroxylation is 1. The minimum atomic E-state index is -5.07. The van der Waals surface area contributed by atoms with E-state index in [0.717, 1.165) is 21.7 Å². The summed E-state index contributed by atoms with van der Waals surface area (Å²) in [6.07, 6.45) is -5.89. The summed E-state index contributed by atoms with van der Waals surface area (Å²) >= 11 is 0. The van der Waals surface area contributed by atoms with E-state index in [0.29, 0.717) is 0 Å². The molecule has 34 heavy (non-hydrogen) atoms. The standard InChI is InChI=1S/C22H23F3N2O6S/c1-13-5-7-16(8-6-13)34(30,31)27-15(12-26-20(29)33-21(2,3)4)9-14-10-19(32-22(23,24)25)18(28)11-17(14)27/h5-11,28H,12H2,1-4H3,(H,26,29). The Morgan fingerprint density at radius 2 is 1.71 bits per heavy atom. The zero-order valence-electron chi connectivity index (χ0n) is 18.7. The van der Waals surface area contributed by atoms with Crippen LogP contribution in [0.2, 0.25) is 0 Å². The molecule has 0 aliphatic rings. The monoisotopic (exact) mass is 500 g/mol. The molecular formula is C22H23F3N2O6S. The van der Waals surface area contributed by atoms with E-state index in [1.54, 1.807) is 39.8 Å². The molecule has 12 heteroatoms. The molecule has 0 radical (unpaired) electrons. The van der Waals surface area contributed by atoms with E-state index in [2.05, 4.69) is 10.1 Å². The number of phenolic OH excluding ortho intramolecular Hbond substituents is 1. The lowest BCUT2D eigenvalue weighted by molar-refractivity contribution is -0.275. The zero-order chi connectivity index (χ0) is 25.5. The Labute approximate surface area is 193 Å². The summed E-state index contributed by atoms with van der Waals surface area (Å²) in [5.74, 6) is -1.80. The molecule has 8 nitrogen and oxygen atoms in total. The third-order valence-corrected chi connectivity index (χ3v) is 6.29. The number of alkyl halides is 3. The summed E-state index contributed by atoms with van der Waals surface area (Å²) in [4.78, 5) is 12.0. The van der Waals surface area contributed by atoms with Crippen LogP contribution in [0.15, 0.2) is 47.4 Å². The van der Waals surface area contributed by atoms with E-state index < -0.39 is 39.6 Å². The van der Waals surface area contributed by atoms with Crippen molar-refractivity contribution in [3.8, 4) is 11.5 Å². The van der Waals surface area contributed by atoms with E-state index in [1.165, 1.54) is 18.2 Å². The predicted octanol–water partition coefficient (Wildman–Crippen LogP) is 4.82. The number of carbonyl (C=O) groups is 1. The number of ether oxygens (including phenoxy) is 2. The van der Waals surface area contributed by atoms with Gasteiger partial charge < -0.3 is 19.9 Å². The highest BCUT2D eigenvalue weighted by molar-refractivity contribution is 7.90. The van der Waals surface area contributed by atoms with Crippen molar-refractivity contribution >= 4 is 27.0 Å². The SMILES string of the molecule is Cc1ccc(S(=O)(=O)n2c(CNC(=O)OC(C)(C)C)cc3cc(OC(F)(F)F)c(O)cc32)cc1. The highest BCUT2D eigenvalue weighted by atomic mass is 32.2. The Morgan fingerprint density at radius 1 is 1.09 bits per heavy atom. The average Bonchev–Trinajstić information content (AvgIpc) is 3.02. The first kappa shape index (κ1) is 25.2. The smallest absolute Gasteiger partial charge is 0.504 e. The van der Waals surface area contributed by atoms with Crippen LogP contribution in [0, 0.1) is 6.92 Å². The first-order chi connectivity index (χ1) is 15.6. The lowest BCUT2D eigenvalue weighted by Crippen LogP contribution is -2.33. The molecule has 3 rings (SSSR count). The lowest BCUT2D eigenvalue weighted by atomic mass is 10.2. The molecule has 2 N–H and O–H groups in total. The minimum absolute atomic E-state index is 0.0185. The molecule has 0 saturated carbocycles. The number of alkyl carbamates (subject to hydrolysis) is 1. The fourth-order valence-corrected chi connectivity index (χ4v) is 4.70.